The first-order valence-corrected chi connectivity index (χ1v) is 8.59. The van der Waals surface area contributed by atoms with Crippen LogP contribution in [0.5, 0.6) is 0 Å². The number of hydrogen-bond donors (Lipinski definition) is 1. The maximum absolute atomic E-state index is 12.3. The molecule has 1 aliphatic heterocycles. The van der Waals surface area contributed by atoms with Crippen molar-refractivity contribution < 1.29 is 9.53 Å². The number of nitrogens with zero attached hydrogens (tertiary/aromatic N) is 1. The summed E-state index contributed by atoms with van der Waals surface area (Å²) in [6.07, 6.45) is 3.18. The number of methoxy groups -OCH3 is 1. The van der Waals surface area contributed by atoms with Crippen molar-refractivity contribution >= 4 is 23.2 Å². The van der Waals surface area contributed by atoms with Crippen molar-refractivity contribution in [1.29, 1.82) is 0 Å². The van der Waals surface area contributed by atoms with E-state index in [1.807, 2.05) is 6.08 Å². The zero-order valence-corrected chi connectivity index (χ0v) is 14.6. The van der Waals surface area contributed by atoms with Crippen molar-refractivity contribution in [2.24, 2.45) is 0 Å². The average molecular weight is 330 g/mol. The molecule has 1 heterocycles. The lowest BCUT2D eigenvalue weighted by atomic mass is 9.96. The van der Waals surface area contributed by atoms with Crippen LogP contribution < -0.4 is 5.32 Å². The van der Waals surface area contributed by atoms with E-state index in [-0.39, 0.29) is 5.78 Å². The second kappa shape index (κ2) is 6.81. The first-order chi connectivity index (χ1) is 11.1. The summed E-state index contributed by atoms with van der Waals surface area (Å²) in [7, 11) is 5.77. The third-order valence-electron chi connectivity index (χ3n) is 4.06. The Labute approximate surface area is 141 Å². The van der Waals surface area contributed by atoms with E-state index in [9.17, 15) is 4.79 Å². The van der Waals surface area contributed by atoms with Crippen molar-refractivity contribution in [1.82, 2.24) is 4.90 Å². The van der Waals surface area contributed by atoms with Gasteiger partial charge in [-0.05, 0) is 43.4 Å². The Balaban J connectivity index is 1.85. The fraction of sp³-hybridized carbons (Fsp3) is 0.389. The molecule has 5 heteroatoms. The van der Waals surface area contributed by atoms with Gasteiger partial charge in [0.15, 0.2) is 5.78 Å². The minimum absolute atomic E-state index is 0.168. The summed E-state index contributed by atoms with van der Waals surface area (Å²) in [6.45, 7) is 1.88. The van der Waals surface area contributed by atoms with Crippen LogP contribution in [0.3, 0.4) is 0 Å². The molecule has 4 nitrogen and oxygen atoms in total. The lowest BCUT2D eigenvalue weighted by molar-refractivity contribution is -0.115. The molecule has 0 fully saturated rings. The minimum atomic E-state index is 0.168. The highest BCUT2D eigenvalue weighted by Crippen LogP contribution is 2.44. The van der Waals surface area contributed by atoms with Crippen LogP contribution >= 0.6 is 11.8 Å². The minimum Gasteiger partial charge on any atom is -0.501 e. The normalized spacial score (nSPS) is 16.9. The van der Waals surface area contributed by atoms with Crippen LogP contribution in [0.25, 0.3) is 0 Å². The van der Waals surface area contributed by atoms with Crippen LogP contribution in [0.2, 0.25) is 0 Å². The van der Waals surface area contributed by atoms with E-state index in [1.54, 1.807) is 18.9 Å². The maximum Gasteiger partial charge on any atom is 0.177 e. The molecule has 0 unspecified atom stereocenters. The van der Waals surface area contributed by atoms with Gasteiger partial charge in [-0.15, -0.1) is 0 Å². The Morgan fingerprint density at radius 3 is 2.87 bits per heavy atom. The van der Waals surface area contributed by atoms with Gasteiger partial charge in [-0.2, -0.15) is 0 Å². The number of allylic oxidation sites excluding steroid dienone is 4. The van der Waals surface area contributed by atoms with E-state index in [1.165, 1.54) is 10.5 Å². The summed E-state index contributed by atoms with van der Waals surface area (Å²) in [5.41, 5.74) is 3.52. The number of anilines is 1. The van der Waals surface area contributed by atoms with Crippen molar-refractivity contribution in [3.05, 3.63) is 46.1 Å². The highest BCUT2D eigenvalue weighted by atomic mass is 32.2. The number of thioether (sulfide) groups is 1. The molecule has 1 aliphatic carbocycles. The summed E-state index contributed by atoms with van der Waals surface area (Å²) in [5, 5.41) is 3.52. The second-order valence-electron chi connectivity index (χ2n) is 6.06. The zero-order valence-electron chi connectivity index (χ0n) is 13.8. The molecule has 0 saturated heterocycles. The molecule has 0 amide bonds. The molecular weight excluding hydrogens is 308 g/mol. The summed E-state index contributed by atoms with van der Waals surface area (Å²) >= 11 is 1.60. The van der Waals surface area contributed by atoms with E-state index >= 15 is 0 Å². The largest absolute Gasteiger partial charge is 0.501 e. The number of fused-ring (bicyclic) bond motifs is 1. The zero-order chi connectivity index (χ0) is 16.4. The third-order valence-corrected chi connectivity index (χ3v) is 5.36. The molecule has 0 bridgehead atoms. The predicted octanol–water partition coefficient (Wildman–Crippen LogP) is 3.07. The van der Waals surface area contributed by atoms with Gasteiger partial charge < -0.3 is 15.0 Å². The van der Waals surface area contributed by atoms with Crippen LogP contribution in [0.15, 0.2) is 45.4 Å². The number of carbonyl (C=O) groups excluding carboxylic acids is 1. The molecule has 1 aromatic carbocycles. The Bertz CT molecular complexity index is 692. The average Bonchev–Trinajstić information content (AvgIpc) is 2.53. The van der Waals surface area contributed by atoms with Gasteiger partial charge in [0.2, 0.25) is 0 Å². The molecule has 1 N–H and O–H groups in total. The summed E-state index contributed by atoms with van der Waals surface area (Å²) in [4.78, 5) is 16.5. The van der Waals surface area contributed by atoms with Crippen LogP contribution in [-0.4, -0.2) is 45.0 Å². The predicted molar refractivity (Wildman–Crippen MR) is 94.8 cm³/mol. The molecule has 0 radical (unpaired) electrons. The van der Waals surface area contributed by atoms with Crippen LogP contribution in [0, 0.1) is 0 Å². The fourth-order valence-corrected chi connectivity index (χ4v) is 3.96. The van der Waals surface area contributed by atoms with E-state index in [0.717, 1.165) is 41.4 Å². The van der Waals surface area contributed by atoms with E-state index < -0.39 is 0 Å². The number of hydrogen-bond acceptors (Lipinski definition) is 5. The standard InChI is InChI=1S/C18H22N2O2S/c1-20(2)8-7-19-15-5-4-6-17-14(15)10-12-9-13(22-3)11-16(21)18(12)23-17/h4-6,9,19H,7-8,10-11H2,1-3H3. The van der Waals surface area contributed by atoms with Crippen LogP contribution in [-0.2, 0) is 16.0 Å². The highest BCUT2D eigenvalue weighted by Gasteiger charge is 2.28. The Morgan fingerprint density at radius 2 is 2.13 bits per heavy atom. The molecule has 2 aliphatic rings. The second-order valence-corrected chi connectivity index (χ2v) is 7.11. The van der Waals surface area contributed by atoms with Gasteiger partial charge in [-0.3, -0.25) is 4.79 Å². The SMILES string of the molecule is COC1=CC2=C(Sc3cccc(NCCN(C)C)c3C2)C(=O)C1. The van der Waals surface area contributed by atoms with Crippen molar-refractivity contribution in [3.63, 3.8) is 0 Å². The lowest BCUT2D eigenvalue weighted by Gasteiger charge is -2.26. The van der Waals surface area contributed by atoms with E-state index in [2.05, 4.69) is 42.5 Å². The van der Waals surface area contributed by atoms with Crippen molar-refractivity contribution in [2.75, 3.05) is 39.6 Å². The number of carbonyl (C=O) groups is 1. The first-order valence-electron chi connectivity index (χ1n) is 7.77. The van der Waals surface area contributed by atoms with Gasteiger partial charge in [-0.1, -0.05) is 17.8 Å². The van der Waals surface area contributed by atoms with Gasteiger partial charge in [0.05, 0.1) is 18.4 Å². The Morgan fingerprint density at radius 1 is 1.30 bits per heavy atom. The number of Topliss-reactive ketones (excluding diaryl/α,β-unsaturated/α-hetero) is 1. The van der Waals surface area contributed by atoms with Crippen LogP contribution in [0.1, 0.15) is 12.0 Å². The summed E-state index contributed by atoms with van der Waals surface area (Å²) in [6, 6.07) is 6.27. The molecule has 1 aromatic rings. The number of likely N-dealkylation sites (N-methyl/N-ethyl adjacent to an activating group) is 1. The number of ether oxygens (including phenoxy) is 1. The summed E-state index contributed by atoms with van der Waals surface area (Å²) < 4.78 is 5.30. The molecular formula is C18H22N2O2S. The van der Waals surface area contributed by atoms with Gasteiger partial charge in [-0.25, -0.2) is 0 Å². The maximum atomic E-state index is 12.3. The number of rotatable bonds is 5. The van der Waals surface area contributed by atoms with Gasteiger partial charge >= 0.3 is 0 Å². The molecule has 0 aromatic heterocycles. The Hall–Kier alpha value is -1.72. The molecule has 0 atom stereocenters. The summed E-state index contributed by atoms with van der Waals surface area (Å²) in [5.74, 6) is 0.928. The van der Waals surface area contributed by atoms with Gasteiger partial charge in [0.1, 0.15) is 5.76 Å². The van der Waals surface area contributed by atoms with E-state index in [0.29, 0.717) is 6.42 Å². The highest BCUT2D eigenvalue weighted by molar-refractivity contribution is 8.04. The molecule has 23 heavy (non-hydrogen) atoms. The monoisotopic (exact) mass is 330 g/mol. The first kappa shape index (κ1) is 16.1. The number of nitrogens with one attached hydrogen (secondary N) is 1. The molecule has 3 rings (SSSR count). The third kappa shape index (κ3) is 3.46. The quantitative estimate of drug-likeness (QED) is 0.899. The Kier molecular flexibility index (Phi) is 4.78. The van der Waals surface area contributed by atoms with Gasteiger partial charge in [0, 0.05) is 30.1 Å². The van der Waals surface area contributed by atoms with Crippen molar-refractivity contribution in [2.45, 2.75) is 17.7 Å². The van der Waals surface area contributed by atoms with Crippen molar-refractivity contribution in [3.8, 4) is 0 Å². The lowest BCUT2D eigenvalue weighted by Crippen LogP contribution is -2.22. The van der Waals surface area contributed by atoms with Gasteiger partial charge in [0.25, 0.3) is 0 Å². The number of benzene rings is 1. The fourth-order valence-electron chi connectivity index (χ4n) is 2.84. The van der Waals surface area contributed by atoms with E-state index in [4.69, 9.17) is 4.74 Å². The number of ketones is 1. The molecule has 0 saturated carbocycles. The smallest absolute Gasteiger partial charge is 0.177 e. The topological polar surface area (TPSA) is 41.6 Å². The van der Waals surface area contributed by atoms with Crippen LogP contribution in [0.4, 0.5) is 5.69 Å². The molecule has 0 spiro atoms. The molecule has 122 valence electrons.